The molecule has 0 aliphatic rings. The van der Waals surface area contributed by atoms with Crippen LogP contribution in [0.2, 0.25) is 0 Å². The Labute approximate surface area is 184 Å². The van der Waals surface area contributed by atoms with Gasteiger partial charge in [-0.3, -0.25) is 9.59 Å². The molecule has 1 aromatic heterocycles. The molecule has 2 aromatic rings. The van der Waals surface area contributed by atoms with Crippen LogP contribution in [0.3, 0.4) is 0 Å². The molecule has 0 saturated heterocycles. The largest absolute Gasteiger partial charge is 0.480 e. The molecule has 0 fully saturated rings. The number of unbranched alkanes of at least 4 members (excludes halogenated alkanes) is 1. The minimum Gasteiger partial charge on any atom is -0.480 e. The number of amides is 1. The summed E-state index contributed by atoms with van der Waals surface area (Å²) in [6.07, 6.45) is 4.60. The second-order valence-corrected chi connectivity index (χ2v) is 7.65. The van der Waals surface area contributed by atoms with Crippen LogP contribution in [-0.4, -0.2) is 46.1 Å². The fraction of sp³-hybridized carbons (Fsp3) is 0.478. The molecule has 1 heterocycles. The lowest BCUT2D eigenvalue weighted by Crippen LogP contribution is -2.33. The summed E-state index contributed by atoms with van der Waals surface area (Å²) in [6, 6.07) is 6.72. The molecule has 0 radical (unpaired) electrons. The lowest BCUT2D eigenvalue weighted by Gasteiger charge is -2.23. The Bertz CT molecular complexity index is 887. The number of carboxylic acid groups (broad SMARTS) is 1. The average molecular weight is 428 g/mol. The zero-order valence-electron chi connectivity index (χ0n) is 18.8. The highest BCUT2D eigenvalue weighted by Crippen LogP contribution is 2.19. The van der Waals surface area contributed by atoms with Crippen molar-refractivity contribution in [2.75, 3.05) is 23.3 Å². The highest BCUT2D eigenvalue weighted by atomic mass is 16.4. The quantitative estimate of drug-likeness (QED) is 0.475. The van der Waals surface area contributed by atoms with Crippen molar-refractivity contribution in [1.82, 2.24) is 15.3 Å². The number of nitrogens with zero attached hydrogens (tertiary/aromatic N) is 3. The molecule has 0 spiro atoms. The molecule has 1 amide bonds. The number of hydrogen-bond donors (Lipinski definition) is 3. The first-order valence-corrected chi connectivity index (χ1v) is 10.8. The van der Waals surface area contributed by atoms with E-state index >= 15 is 0 Å². The lowest BCUT2D eigenvalue weighted by molar-refractivity contribution is -0.139. The van der Waals surface area contributed by atoms with E-state index in [1.807, 2.05) is 25.1 Å². The van der Waals surface area contributed by atoms with Gasteiger partial charge in [-0.1, -0.05) is 32.4 Å². The van der Waals surface area contributed by atoms with Crippen molar-refractivity contribution in [3.63, 3.8) is 0 Å². The number of rotatable bonds is 12. The number of aliphatic carboxylic acids is 1. The van der Waals surface area contributed by atoms with Gasteiger partial charge in [0.25, 0.3) is 5.91 Å². The van der Waals surface area contributed by atoms with Gasteiger partial charge in [0, 0.05) is 31.4 Å². The zero-order valence-corrected chi connectivity index (χ0v) is 18.8. The standard InChI is InChI=1S/C23H33N5O3/c1-5-7-11-28(10-6-2)21-13-20(25-15-26-21)22(29)27-19-9-8-18(12-16(19)3)14-24-17(4)23(30)31/h8-9,12-13,15,17,24H,5-7,10-11,14H2,1-4H3,(H,27,29)(H,30,31). The van der Waals surface area contributed by atoms with Crippen molar-refractivity contribution in [3.8, 4) is 0 Å². The maximum atomic E-state index is 12.8. The molecule has 2 rings (SSSR count). The highest BCUT2D eigenvalue weighted by Gasteiger charge is 2.14. The van der Waals surface area contributed by atoms with Crippen molar-refractivity contribution in [2.45, 2.75) is 59.5 Å². The Balaban J connectivity index is 2.08. The molecule has 0 bridgehead atoms. The van der Waals surface area contributed by atoms with Crippen LogP contribution in [0.5, 0.6) is 0 Å². The van der Waals surface area contributed by atoms with Crippen LogP contribution < -0.4 is 15.5 Å². The number of hydrogen-bond acceptors (Lipinski definition) is 6. The zero-order chi connectivity index (χ0) is 22.8. The van der Waals surface area contributed by atoms with E-state index in [1.165, 1.54) is 6.33 Å². The van der Waals surface area contributed by atoms with E-state index in [4.69, 9.17) is 5.11 Å². The van der Waals surface area contributed by atoms with E-state index in [9.17, 15) is 9.59 Å². The summed E-state index contributed by atoms with van der Waals surface area (Å²) >= 11 is 0. The molecule has 168 valence electrons. The van der Waals surface area contributed by atoms with E-state index in [0.717, 1.165) is 49.3 Å². The first kappa shape index (κ1) is 24.3. The minimum atomic E-state index is -0.892. The second-order valence-electron chi connectivity index (χ2n) is 7.65. The van der Waals surface area contributed by atoms with E-state index in [-0.39, 0.29) is 5.91 Å². The van der Waals surface area contributed by atoms with Crippen molar-refractivity contribution < 1.29 is 14.7 Å². The Morgan fingerprint density at radius 1 is 1.13 bits per heavy atom. The molecule has 1 aromatic carbocycles. The van der Waals surface area contributed by atoms with Gasteiger partial charge in [-0.15, -0.1) is 0 Å². The molecule has 3 N–H and O–H groups in total. The number of carbonyl (C=O) groups is 2. The fourth-order valence-electron chi connectivity index (χ4n) is 3.12. The molecular formula is C23H33N5O3. The molecule has 0 aliphatic heterocycles. The van der Waals surface area contributed by atoms with Crippen LogP contribution in [-0.2, 0) is 11.3 Å². The number of carboxylic acids is 1. The first-order chi connectivity index (χ1) is 14.8. The smallest absolute Gasteiger partial charge is 0.320 e. The number of aromatic nitrogens is 2. The van der Waals surface area contributed by atoms with Crippen molar-refractivity contribution >= 4 is 23.4 Å². The number of carbonyl (C=O) groups excluding carboxylic acids is 1. The third-order valence-electron chi connectivity index (χ3n) is 5.01. The Morgan fingerprint density at radius 3 is 2.55 bits per heavy atom. The summed E-state index contributed by atoms with van der Waals surface area (Å²) in [5, 5.41) is 14.8. The first-order valence-electron chi connectivity index (χ1n) is 10.8. The van der Waals surface area contributed by atoms with Gasteiger partial charge in [0.1, 0.15) is 23.9 Å². The topological polar surface area (TPSA) is 107 Å². The summed E-state index contributed by atoms with van der Waals surface area (Å²) in [7, 11) is 0. The molecule has 8 nitrogen and oxygen atoms in total. The van der Waals surface area contributed by atoms with Gasteiger partial charge in [0.2, 0.25) is 0 Å². The lowest BCUT2D eigenvalue weighted by atomic mass is 10.1. The van der Waals surface area contributed by atoms with Crippen LogP contribution in [0, 0.1) is 6.92 Å². The molecule has 31 heavy (non-hydrogen) atoms. The highest BCUT2D eigenvalue weighted by molar-refractivity contribution is 6.03. The summed E-state index contributed by atoms with van der Waals surface area (Å²) < 4.78 is 0. The van der Waals surface area contributed by atoms with Gasteiger partial charge in [-0.2, -0.15) is 0 Å². The number of nitrogens with one attached hydrogen (secondary N) is 2. The normalized spacial score (nSPS) is 11.7. The fourth-order valence-corrected chi connectivity index (χ4v) is 3.12. The summed E-state index contributed by atoms with van der Waals surface area (Å²) in [5.41, 5.74) is 2.85. The number of anilines is 2. The van der Waals surface area contributed by atoms with Crippen LogP contribution in [0.4, 0.5) is 11.5 Å². The minimum absolute atomic E-state index is 0.288. The van der Waals surface area contributed by atoms with Crippen molar-refractivity contribution in [3.05, 3.63) is 47.4 Å². The van der Waals surface area contributed by atoms with Crippen molar-refractivity contribution in [1.29, 1.82) is 0 Å². The Hall–Kier alpha value is -3.00. The molecule has 8 heteroatoms. The summed E-state index contributed by atoms with van der Waals surface area (Å²) in [4.78, 5) is 34.4. The molecule has 0 aliphatic carbocycles. The SMILES string of the molecule is CCCCN(CCC)c1cc(C(=O)Nc2ccc(CNC(C)C(=O)O)cc2C)ncn1. The maximum absolute atomic E-state index is 12.8. The Kier molecular flexibility index (Phi) is 9.40. The van der Waals surface area contributed by atoms with Crippen LogP contribution in [0.15, 0.2) is 30.6 Å². The third kappa shape index (κ3) is 7.32. The van der Waals surface area contributed by atoms with Gasteiger partial charge >= 0.3 is 5.97 Å². The van der Waals surface area contributed by atoms with Gasteiger partial charge in [-0.05, 0) is 43.9 Å². The van der Waals surface area contributed by atoms with Gasteiger partial charge in [-0.25, -0.2) is 9.97 Å². The molecular weight excluding hydrogens is 394 g/mol. The van der Waals surface area contributed by atoms with Gasteiger partial charge < -0.3 is 20.6 Å². The molecule has 0 saturated carbocycles. The number of benzene rings is 1. The van der Waals surface area contributed by atoms with Gasteiger partial charge in [0.15, 0.2) is 0 Å². The predicted molar refractivity (Wildman–Crippen MR) is 123 cm³/mol. The summed E-state index contributed by atoms with van der Waals surface area (Å²) in [6.45, 7) is 9.99. The molecule has 1 atom stereocenters. The second kappa shape index (κ2) is 12.0. The Morgan fingerprint density at radius 2 is 1.90 bits per heavy atom. The third-order valence-corrected chi connectivity index (χ3v) is 5.01. The van der Waals surface area contributed by atoms with Crippen LogP contribution in [0.25, 0.3) is 0 Å². The summed E-state index contributed by atoms with van der Waals surface area (Å²) in [5.74, 6) is -0.415. The number of aryl methyl sites for hydroxylation is 1. The predicted octanol–water partition coefficient (Wildman–Crippen LogP) is 3.62. The molecule has 1 unspecified atom stereocenters. The van der Waals surface area contributed by atoms with Gasteiger partial charge in [0.05, 0.1) is 0 Å². The van der Waals surface area contributed by atoms with E-state index < -0.39 is 12.0 Å². The van der Waals surface area contributed by atoms with Crippen molar-refractivity contribution in [2.24, 2.45) is 0 Å². The van der Waals surface area contributed by atoms with E-state index in [2.05, 4.69) is 39.3 Å². The van der Waals surface area contributed by atoms with E-state index in [0.29, 0.717) is 17.9 Å². The van der Waals surface area contributed by atoms with Crippen LogP contribution in [0.1, 0.15) is 61.6 Å². The monoisotopic (exact) mass is 427 g/mol. The maximum Gasteiger partial charge on any atom is 0.320 e. The van der Waals surface area contributed by atoms with Crippen LogP contribution >= 0.6 is 0 Å². The average Bonchev–Trinajstić information content (AvgIpc) is 2.76. The van der Waals surface area contributed by atoms with E-state index in [1.54, 1.807) is 13.0 Å².